The fourth-order valence-corrected chi connectivity index (χ4v) is 2.27. The van der Waals surface area contributed by atoms with Gasteiger partial charge in [0, 0.05) is 17.4 Å². The quantitative estimate of drug-likeness (QED) is 0.483. The Morgan fingerprint density at radius 2 is 2.05 bits per heavy atom. The molecule has 0 radical (unpaired) electrons. The Balaban J connectivity index is 2.31. The van der Waals surface area contributed by atoms with E-state index in [9.17, 15) is 14.9 Å². The Labute approximate surface area is 115 Å². The van der Waals surface area contributed by atoms with Crippen LogP contribution in [0.1, 0.15) is 12.0 Å². The number of halogens is 1. The Hall–Kier alpha value is -1.94. The van der Waals surface area contributed by atoms with Crippen molar-refractivity contribution in [1.82, 2.24) is 0 Å². The second-order valence-electron chi connectivity index (χ2n) is 4.30. The third kappa shape index (κ3) is 2.44. The van der Waals surface area contributed by atoms with Crippen LogP contribution in [0.3, 0.4) is 0 Å². The van der Waals surface area contributed by atoms with Gasteiger partial charge < -0.3 is 0 Å². The van der Waals surface area contributed by atoms with E-state index in [4.69, 9.17) is 11.6 Å². The van der Waals surface area contributed by atoms with Crippen LogP contribution >= 0.6 is 11.6 Å². The summed E-state index contributed by atoms with van der Waals surface area (Å²) in [5.41, 5.74) is 0.134. The van der Waals surface area contributed by atoms with E-state index in [1.54, 1.807) is 12.2 Å². The lowest BCUT2D eigenvalue weighted by atomic mass is 9.84. The van der Waals surface area contributed by atoms with Gasteiger partial charge in [0.15, 0.2) is 0 Å². The highest BCUT2D eigenvalue weighted by molar-refractivity contribution is 6.29. The van der Waals surface area contributed by atoms with Crippen LogP contribution in [0.2, 0.25) is 0 Å². The standard InChI is InChI=1S/C14H12ClNO3/c15-10-13(17)14(16(18)19)8-6-12(7-9-14)11-4-2-1-3-5-11/h1-8H,9-10H2. The van der Waals surface area contributed by atoms with E-state index >= 15 is 0 Å². The van der Waals surface area contributed by atoms with Crippen molar-refractivity contribution in [2.45, 2.75) is 12.0 Å². The first-order valence-electron chi connectivity index (χ1n) is 5.79. The number of nitro groups is 1. The number of rotatable bonds is 4. The van der Waals surface area contributed by atoms with Crippen LogP contribution < -0.4 is 0 Å². The maximum absolute atomic E-state index is 11.7. The van der Waals surface area contributed by atoms with E-state index in [2.05, 4.69) is 0 Å². The van der Waals surface area contributed by atoms with Crippen molar-refractivity contribution in [2.24, 2.45) is 0 Å². The number of nitrogens with zero attached hydrogens (tertiary/aromatic N) is 1. The lowest BCUT2D eigenvalue weighted by molar-refractivity contribution is -0.536. The fraction of sp³-hybridized carbons (Fsp3) is 0.214. The van der Waals surface area contributed by atoms with Gasteiger partial charge in [-0.1, -0.05) is 42.5 Å². The minimum atomic E-state index is -1.71. The van der Waals surface area contributed by atoms with E-state index in [1.165, 1.54) is 6.08 Å². The Morgan fingerprint density at radius 1 is 1.37 bits per heavy atom. The predicted octanol–water partition coefficient (Wildman–Crippen LogP) is 2.85. The van der Waals surface area contributed by atoms with Gasteiger partial charge in [0.25, 0.3) is 0 Å². The van der Waals surface area contributed by atoms with Gasteiger partial charge in [-0.25, -0.2) is 0 Å². The molecular formula is C14H12ClNO3. The summed E-state index contributed by atoms with van der Waals surface area (Å²) in [6.07, 6.45) is 4.71. The molecule has 19 heavy (non-hydrogen) atoms. The lowest BCUT2D eigenvalue weighted by Gasteiger charge is -2.22. The molecule has 0 heterocycles. The molecule has 0 saturated heterocycles. The number of ketones is 1. The Bertz CT molecular complexity index is 565. The molecule has 1 aliphatic carbocycles. The molecule has 1 aromatic carbocycles. The van der Waals surface area contributed by atoms with Gasteiger partial charge in [-0.3, -0.25) is 14.9 Å². The summed E-state index contributed by atoms with van der Waals surface area (Å²) in [4.78, 5) is 22.3. The molecule has 1 atom stereocenters. The van der Waals surface area contributed by atoms with Gasteiger partial charge in [-0.15, -0.1) is 11.6 Å². The van der Waals surface area contributed by atoms with Crippen molar-refractivity contribution in [2.75, 3.05) is 5.88 Å². The van der Waals surface area contributed by atoms with Crippen molar-refractivity contribution in [1.29, 1.82) is 0 Å². The molecule has 1 aliphatic rings. The molecule has 98 valence electrons. The highest BCUT2D eigenvalue weighted by Gasteiger charge is 2.47. The summed E-state index contributed by atoms with van der Waals surface area (Å²) in [7, 11) is 0. The minimum absolute atomic E-state index is 0.0340. The third-order valence-electron chi connectivity index (χ3n) is 3.21. The van der Waals surface area contributed by atoms with Crippen LogP contribution in [0, 0.1) is 10.1 Å². The Kier molecular flexibility index (Phi) is 3.81. The molecule has 2 rings (SSSR count). The van der Waals surface area contributed by atoms with Gasteiger partial charge in [-0.05, 0) is 11.1 Å². The van der Waals surface area contributed by atoms with Gasteiger partial charge in [0.2, 0.25) is 5.78 Å². The van der Waals surface area contributed by atoms with Gasteiger partial charge in [-0.2, -0.15) is 0 Å². The maximum atomic E-state index is 11.7. The van der Waals surface area contributed by atoms with Crippen LogP contribution in [-0.4, -0.2) is 22.1 Å². The Morgan fingerprint density at radius 3 is 2.53 bits per heavy atom. The number of alkyl halides is 1. The number of Topliss-reactive ketones (excluding diaryl/α,β-unsaturated/α-hetero) is 1. The van der Waals surface area contributed by atoms with Crippen LogP contribution in [0.15, 0.2) is 48.6 Å². The molecule has 1 unspecified atom stereocenters. The van der Waals surface area contributed by atoms with Crippen molar-refractivity contribution >= 4 is 23.0 Å². The topological polar surface area (TPSA) is 60.2 Å². The van der Waals surface area contributed by atoms with Gasteiger partial charge >= 0.3 is 5.54 Å². The predicted molar refractivity (Wildman–Crippen MR) is 73.6 cm³/mol. The largest absolute Gasteiger partial charge is 0.302 e. The third-order valence-corrected chi connectivity index (χ3v) is 3.45. The average Bonchev–Trinajstić information content (AvgIpc) is 2.47. The molecule has 5 heteroatoms. The van der Waals surface area contributed by atoms with Crippen molar-refractivity contribution in [3.63, 3.8) is 0 Å². The zero-order valence-electron chi connectivity index (χ0n) is 10.1. The molecule has 0 aromatic heterocycles. The molecule has 1 aromatic rings. The van der Waals surface area contributed by atoms with Crippen molar-refractivity contribution in [3.05, 3.63) is 64.2 Å². The summed E-state index contributed by atoms with van der Waals surface area (Å²) in [6, 6.07) is 9.51. The summed E-state index contributed by atoms with van der Waals surface area (Å²) >= 11 is 5.46. The zero-order chi connectivity index (χ0) is 13.9. The second-order valence-corrected chi connectivity index (χ2v) is 4.57. The number of benzene rings is 1. The number of carbonyl (C=O) groups is 1. The molecule has 0 spiro atoms. The first-order valence-corrected chi connectivity index (χ1v) is 6.32. The highest BCUT2D eigenvalue weighted by Crippen LogP contribution is 2.30. The van der Waals surface area contributed by atoms with E-state index in [-0.39, 0.29) is 12.3 Å². The summed E-state index contributed by atoms with van der Waals surface area (Å²) in [6.45, 7) is 0. The van der Waals surface area contributed by atoms with E-state index < -0.39 is 16.2 Å². The molecule has 0 aliphatic heterocycles. The van der Waals surface area contributed by atoms with Crippen molar-refractivity contribution in [3.8, 4) is 0 Å². The molecule has 0 fully saturated rings. The molecular weight excluding hydrogens is 266 g/mol. The van der Waals surface area contributed by atoms with E-state index in [0.717, 1.165) is 11.1 Å². The van der Waals surface area contributed by atoms with Crippen LogP contribution in [0.25, 0.3) is 5.57 Å². The van der Waals surface area contributed by atoms with E-state index in [1.807, 2.05) is 30.3 Å². The SMILES string of the molecule is O=C(CCl)C1([N+](=O)[O-])C=CC(c2ccccc2)=CC1. The molecule has 0 N–H and O–H groups in total. The first kappa shape index (κ1) is 13.5. The smallest absolute Gasteiger partial charge is 0.290 e. The van der Waals surface area contributed by atoms with E-state index in [0.29, 0.717) is 0 Å². The number of hydrogen-bond donors (Lipinski definition) is 0. The van der Waals surface area contributed by atoms with Crippen LogP contribution in [-0.2, 0) is 4.79 Å². The molecule has 0 bridgehead atoms. The van der Waals surface area contributed by atoms with Crippen molar-refractivity contribution < 1.29 is 9.72 Å². The molecule has 0 amide bonds. The first-order chi connectivity index (χ1) is 9.10. The second kappa shape index (κ2) is 5.36. The number of carbonyl (C=O) groups excluding carboxylic acids is 1. The number of allylic oxidation sites excluding steroid dienone is 2. The lowest BCUT2D eigenvalue weighted by Crippen LogP contribution is -2.46. The maximum Gasteiger partial charge on any atom is 0.302 e. The van der Waals surface area contributed by atoms with Crippen LogP contribution in [0.5, 0.6) is 0 Å². The molecule has 0 saturated carbocycles. The monoisotopic (exact) mass is 277 g/mol. The summed E-state index contributed by atoms with van der Waals surface area (Å²) in [5, 5.41) is 11.2. The highest BCUT2D eigenvalue weighted by atomic mass is 35.5. The van der Waals surface area contributed by atoms with Gasteiger partial charge in [0.1, 0.15) is 0 Å². The van der Waals surface area contributed by atoms with Crippen LogP contribution in [0.4, 0.5) is 0 Å². The minimum Gasteiger partial charge on any atom is -0.290 e. The normalized spacial score (nSPS) is 21.8. The summed E-state index contributed by atoms with van der Waals surface area (Å²) < 4.78 is 0. The number of hydrogen-bond acceptors (Lipinski definition) is 3. The zero-order valence-corrected chi connectivity index (χ0v) is 10.8. The average molecular weight is 278 g/mol. The van der Waals surface area contributed by atoms with Gasteiger partial charge in [0.05, 0.1) is 5.88 Å². The summed E-state index contributed by atoms with van der Waals surface area (Å²) in [5.74, 6) is -0.946. The molecule has 4 nitrogen and oxygen atoms in total. The fourth-order valence-electron chi connectivity index (χ4n) is 2.03.